The third-order valence-electron chi connectivity index (χ3n) is 2.54. The van der Waals surface area contributed by atoms with Crippen LogP contribution in [0.15, 0.2) is 58.3 Å². The van der Waals surface area contributed by atoms with Crippen molar-refractivity contribution in [1.29, 1.82) is 0 Å². The minimum Gasteiger partial charge on any atom is -0.121 e. The van der Waals surface area contributed by atoms with Crippen molar-refractivity contribution in [3.63, 3.8) is 0 Å². The average Bonchev–Trinajstić information content (AvgIpc) is 2.78. The van der Waals surface area contributed by atoms with Gasteiger partial charge in [-0.1, -0.05) is 37.4 Å². The fourth-order valence-electron chi connectivity index (χ4n) is 1.58. The fourth-order valence-corrected chi connectivity index (χ4v) is 3.79. The number of hydrogen-bond acceptors (Lipinski definition) is 0. The van der Waals surface area contributed by atoms with Gasteiger partial charge < -0.3 is 0 Å². The predicted molar refractivity (Wildman–Crippen MR) is 59.0 cm³/mol. The third-order valence-corrected chi connectivity index (χ3v) is 5.86. The van der Waals surface area contributed by atoms with Crippen molar-refractivity contribution < 1.29 is 0 Å². The van der Waals surface area contributed by atoms with Crippen LogP contribution in [-0.2, 0) is 0 Å². The summed E-state index contributed by atoms with van der Waals surface area (Å²) in [5, 5.41) is 2.74. The maximum atomic E-state index is 3.31. The minimum atomic E-state index is -1.46. The van der Waals surface area contributed by atoms with E-state index in [0.717, 1.165) is 0 Å². The van der Waals surface area contributed by atoms with E-state index in [1.54, 1.807) is 0 Å². The maximum absolute atomic E-state index is 3.31. The summed E-state index contributed by atoms with van der Waals surface area (Å²) < 4.78 is 0. The summed E-state index contributed by atoms with van der Waals surface area (Å²) in [6.07, 6.45) is 12.5. The van der Waals surface area contributed by atoms with Crippen LogP contribution in [0.3, 0.4) is 0 Å². The largest absolute Gasteiger partial charge is 0.131 e. The van der Waals surface area contributed by atoms with Gasteiger partial charge in [-0.15, -0.1) is 11.5 Å². The Hall–Kier alpha value is -1.26. The molecule has 1 heteroatoms. The highest BCUT2D eigenvalue weighted by Gasteiger charge is 2.29. The Bertz CT molecular complexity index is 378. The minimum absolute atomic E-state index is 1.37. The van der Waals surface area contributed by atoms with E-state index < -0.39 is 8.07 Å². The van der Waals surface area contributed by atoms with Crippen LogP contribution in [0.25, 0.3) is 0 Å². The zero-order valence-electron chi connectivity index (χ0n) is 7.96. The highest BCUT2D eigenvalue weighted by molar-refractivity contribution is 6.91. The second-order valence-corrected chi connectivity index (χ2v) is 8.12. The molecule has 2 rings (SSSR count). The lowest BCUT2D eigenvalue weighted by Crippen LogP contribution is -2.29. The molecule has 0 saturated carbocycles. The zero-order valence-corrected chi connectivity index (χ0v) is 8.96. The Kier molecular flexibility index (Phi) is 1.86. The van der Waals surface area contributed by atoms with Gasteiger partial charge in [0, 0.05) is 0 Å². The molecule has 0 unspecified atom stereocenters. The van der Waals surface area contributed by atoms with Crippen LogP contribution in [0.1, 0.15) is 0 Å². The standard InChI is InChI=1S/C12H12Si/c1-13(2,11-7-3-4-8-11)12-9-5-6-10-12/h3-7,9H,1-2H3. The molecule has 0 saturated heterocycles. The van der Waals surface area contributed by atoms with Gasteiger partial charge in [0.05, 0.1) is 0 Å². The first-order valence-electron chi connectivity index (χ1n) is 4.49. The van der Waals surface area contributed by atoms with Crippen LogP contribution in [0.5, 0.6) is 0 Å². The van der Waals surface area contributed by atoms with E-state index in [0.29, 0.717) is 0 Å². The lowest BCUT2D eigenvalue weighted by Gasteiger charge is -2.20. The van der Waals surface area contributed by atoms with Crippen molar-refractivity contribution in [3.8, 4) is 0 Å². The van der Waals surface area contributed by atoms with E-state index in [1.807, 2.05) is 12.2 Å². The Morgan fingerprint density at radius 3 is 1.69 bits per heavy atom. The first-order chi connectivity index (χ1) is 6.21. The summed E-state index contributed by atoms with van der Waals surface area (Å²) in [7, 11) is -1.46. The maximum Gasteiger partial charge on any atom is 0.131 e. The molecule has 0 aromatic heterocycles. The molecule has 0 bridgehead atoms. The lowest BCUT2D eigenvalue weighted by atomic mass is 10.6. The van der Waals surface area contributed by atoms with Crippen molar-refractivity contribution in [1.82, 2.24) is 0 Å². The van der Waals surface area contributed by atoms with E-state index in [2.05, 4.69) is 48.9 Å². The van der Waals surface area contributed by atoms with E-state index in [9.17, 15) is 0 Å². The molecule has 0 amide bonds. The Balaban J connectivity index is 2.41. The molecular formula is C12H12Si. The van der Waals surface area contributed by atoms with Gasteiger partial charge in [0.15, 0.2) is 0 Å². The van der Waals surface area contributed by atoms with Crippen LogP contribution in [0.2, 0.25) is 13.1 Å². The van der Waals surface area contributed by atoms with Crippen molar-refractivity contribution in [2.75, 3.05) is 0 Å². The fraction of sp³-hybridized carbons (Fsp3) is 0.167. The molecule has 0 aliphatic heterocycles. The first kappa shape index (κ1) is 8.34. The van der Waals surface area contributed by atoms with Crippen molar-refractivity contribution in [2.45, 2.75) is 13.1 Å². The van der Waals surface area contributed by atoms with Gasteiger partial charge in [0.25, 0.3) is 0 Å². The number of hydrogen-bond donors (Lipinski definition) is 0. The van der Waals surface area contributed by atoms with Crippen LogP contribution < -0.4 is 0 Å². The Labute approximate surface area is 80.0 Å². The van der Waals surface area contributed by atoms with Crippen LogP contribution in [0, 0.1) is 0 Å². The average molecular weight is 184 g/mol. The Morgan fingerprint density at radius 1 is 0.923 bits per heavy atom. The third kappa shape index (κ3) is 1.34. The monoisotopic (exact) mass is 184 g/mol. The van der Waals surface area contributed by atoms with Crippen molar-refractivity contribution in [2.24, 2.45) is 0 Å². The van der Waals surface area contributed by atoms with Crippen molar-refractivity contribution in [3.05, 3.63) is 58.3 Å². The van der Waals surface area contributed by atoms with Crippen molar-refractivity contribution >= 4 is 8.07 Å². The lowest BCUT2D eigenvalue weighted by molar-refractivity contribution is 1.67. The summed E-state index contributed by atoms with van der Waals surface area (Å²) in [6.45, 7) is 4.68. The molecular weight excluding hydrogens is 172 g/mol. The molecule has 64 valence electrons. The molecule has 0 N–H and O–H groups in total. The quantitative estimate of drug-likeness (QED) is 0.457. The van der Waals surface area contributed by atoms with Gasteiger partial charge in [-0.25, -0.2) is 0 Å². The molecule has 13 heavy (non-hydrogen) atoms. The van der Waals surface area contributed by atoms with Crippen LogP contribution >= 0.6 is 0 Å². The SMILES string of the molecule is C[Si](C)(C1=C=CC=C1)C1=C=CC=C1. The number of allylic oxidation sites excluding steroid dienone is 6. The summed E-state index contributed by atoms with van der Waals surface area (Å²) in [4.78, 5) is 0. The summed E-state index contributed by atoms with van der Waals surface area (Å²) in [6, 6.07) is 0. The molecule has 0 nitrogen and oxygen atoms in total. The topological polar surface area (TPSA) is 0 Å². The van der Waals surface area contributed by atoms with E-state index in [-0.39, 0.29) is 0 Å². The summed E-state index contributed by atoms with van der Waals surface area (Å²) in [5.41, 5.74) is 6.61. The van der Waals surface area contributed by atoms with Gasteiger partial charge in [-0.2, -0.15) is 0 Å². The smallest absolute Gasteiger partial charge is 0.121 e. The normalized spacial score (nSPS) is 18.3. The highest BCUT2D eigenvalue weighted by Crippen LogP contribution is 2.27. The molecule has 0 spiro atoms. The van der Waals surface area contributed by atoms with Gasteiger partial charge in [-0.3, -0.25) is 0 Å². The molecule has 0 fully saturated rings. The molecule has 0 atom stereocenters. The van der Waals surface area contributed by atoms with Gasteiger partial charge in [0.1, 0.15) is 8.07 Å². The molecule has 0 heterocycles. The molecule has 0 radical (unpaired) electrons. The van der Waals surface area contributed by atoms with Crippen LogP contribution in [0.4, 0.5) is 0 Å². The first-order valence-corrected chi connectivity index (χ1v) is 7.49. The molecule has 0 aromatic carbocycles. The summed E-state index contributed by atoms with van der Waals surface area (Å²) >= 11 is 0. The van der Waals surface area contributed by atoms with E-state index in [1.165, 1.54) is 10.4 Å². The molecule has 0 aromatic rings. The Morgan fingerprint density at radius 2 is 1.38 bits per heavy atom. The zero-order chi connectivity index (χ0) is 9.31. The molecule has 2 aliphatic carbocycles. The second kappa shape index (κ2) is 2.90. The van der Waals surface area contributed by atoms with Gasteiger partial charge in [0.2, 0.25) is 0 Å². The number of rotatable bonds is 2. The van der Waals surface area contributed by atoms with Crippen LogP contribution in [-0.4, -0.2) is 8.07 Å². The van der Waals surface area contributed by atoms with Gasteiger partial charge in [-0.05, 0) is 22.5 Å². The summed E-state index contributed by atoms with van der Waals surface area (Å²) in [5.74, 6) is 0. The molecule has 2 aliphatic rings. The second-order valence-electron chi connectivity index (χ2n) is 3.79. The van der Waals surface area contributed by atoms with Gasteiger partial charge >= 0.3 is 0 Å². The predicted octanol–water partition coefficient (Wildman–Crippen LogP) is 3.08. The highest BCUT2D eigenvalue weighted by atomic mass is 28.3. The van der Waals surface area contributed by atoms with E-state index >= 15 is 0 Å². The van der Waals surface area contributed by atoms with E-state index in [4.69, 9.17) is 0 Å².